The number of hydrogen-bond donors (Lipinski definition) is 2. The Balaban J connectivity index is 2.31. The summed E-state index contributed by atoms with van der Waals surface area (Å²) in [4.78, 5) is 0. The van der Waals surface area contributed by atoms with Gasteiger partial charge in [-0.15, -0.1) is 0 Å². The van der Waals surface area contributed by atoms with E-state index in [-0.39, 0.29) is 6.10 Å². The first-order valence-electron chi connectivity index (χ1n) is 5.25. The van der Waals surface area contributed by atoms with Crippen molar-refractivity contribution in [3.63, 3.8) is 0 Å². The van der Waals surface area contributed by atoms with E-state index in [0.717, 1.165) is 31.4 Å². The number of hydrogen-bond acceptors (Lipinski definition) is 2. The first-order valence-corrected chi connectivity index (χ1v) is 5.25. The third-order valence-electron chi connectivity index (χ3n) is 2.87. The quantitative estimate of drug-likeness (QED) is 0.746. The third-order valence-corrected chi connectivity index (χ3v) is 2.87. The minimum absolute atomic E-state index is 0.240. The Morgan fingerprint density at radius 3 is 3.14 bits per heavy atom. The molecule has 2 nitrogen and oxygen atoms in total. The summed E-state index contributed by atoms with van der Waals surface area (Å²) in [5.74, 6) is 0. The van der Waals surface area contributed by atoms with E-state index < -0.39 is 0 Å². The van der Waals surface area contributed by atoms with Crippen LogP contribution in [0.2, 0.25) is 0 Å². The number of fused-ring (bicyclic) bond motifs is 1. The molecule has 0 spiro atoms. The van der Waals surface area contributed by atoms with Crippen LogP contribution in [0.25, 0.3) is 0 Å². The highest BCUT2D eigenvalue weighted by molar-refractivity contribution is 5.35. The van der Waals surface area contributed by atoms with Gasteiger partial charge in [-0.25, -0.2) is 0 Å². The monoisotopic (exact) mass is 191 g/mol. The lowest BCUT2D eigenvalue weighted by Crippen LogP contribution is -2.11. The Bertz CT molecular complexity index is 322. The summed E-state index contributed by atoms with van der Waals surface area (Å²) in [6, 6.07) is 6.44. The van der Waals surface area contributed by atoms with Crippen LogP contribution in [0, 0.1) is 0 Å². The van der Waals surface area contributed by atoms with Crippen molar-refractivity contribution in [1.82, 2.24) is 5.32 Å². The number of aliphatic hydroxyl groups excluding tert-OH is 1. The molecule has 2 rings (SSSR count). The Morgan fingerprint density at radius 2 is 2.36 bits per heavy atom. The molecule has 0 saturated heterocycles. The summed E-state index contributed by atoms with van der Waals surface area (Å²) in [6.45, 7) is 0.875. The van der Waals surface area contributed by atoms with E-state index in [1.807, 2.05) is 7.05 Å². The minimum atomic E-state index is -0.240. The van der Waals surface area contributed by atoms with Gasteiger partial charge in [-0.3, -0.25) is 0 Å². The molecule has 1 aromatic rings. The highest BCUT2D eigenvalue weighted by Crippen LogP contribution is 2.30. The predicted octanol–water partition coefficient (Wildman–Crippen LogP) is 1.78. The van der Waals surface area contributed by atoms with Gasteiger partial charge in [-0.1, -0.05) is 18.2 Å². The summed E-state index contributed by atoms with van der Waals surface area (Å²) >= 11 is 0. The lowest BCUT2D eigenvalue weighted by atomic mass is 9.88. The van der Waals surface area contributed by atoms with Gasteiger partial charge >= 0.3 is 0 Å². The summed E-state index contributed by atoms with van der Waals surface area (Å²) in [6.07, 6.45) is 2.90. The van der Waals surface area contributed by atoms with Crippen LogP contribution in [0.4, 0.5) is 0 Å². The van der Waals surface area contributed by atoms with Crippen molar-refractivity contribution in [3.8, 4) is 0 Å². The average Bonchev–Trinajstić information content (AvgIpc) is 2.20. The molecule has 0 heterocycles. The maximum absolute atomic E-state index is 9.83. The second kappa shape index (κ2) is 4.11. The molecule has 1 aliphatic carbocycles. The van der Waals surface area contributed by atoms with E-state index in [1.165, 1.54) is 11.1 Å². The Morgan fingerprint density at radius 1 is 1.50 bits per heavy atom. The maximum atomic E-state index is 9.83. The Hall–Kier alpha value is -0.860. The molecule has 0 saturated carbocycles. The van der Waals surface area contributed by atoms with Gasteiger partial charge < -0.3 is 10.4 Å². The number of benzene rings is 1. The fourth-order valence-electron chi connectivity index (χ4n) is 2.14. The normalized spacial score (nSPS) is 20.6. The smallest absolute Gasteiger partial charge is 0.0792 e. The molecule has 1 unspecified atom stereocenters. The predicted molar refractivity (Wildman–Crippen MR) is 57.1 cm³/mol. The van der Waals surface area contributed by atoms with Crippen LogP contribution in [-0.4, -0.2) is 12.2 Å². The van der Waals surface area contributed by atoms with Gasteiger partial charge in [0, 0.05) is 6.54 Å². The van der Waals surface area contributed by atoms with Crippen LogP contribution in [0.15, 0.2) is 18.2 Å². The molecule has 76 valence electrons. The molecule has 0 fully saturated rings. The largest absolute Gasteiger partial charge is 0.388 e. The van der Waals surface area contributed by atoms with E-state index in [4.69, 9.17) is 0 Å². The molecular formula is C12H17NO. The van der Waals surface area contributed by atoms with Crippen molar-refractivity contribution in [2.75, 3.05) is 7.05 Å². The molecule has 1 atom stereocenters. The van der Waals surface area contributed by atoms with Crippen LogP contribution in [0.5, 0.6) is 0 Å². The van der Waals surface area contributed by atoms with Crippen molar-refractivity contribution < 1.29 is 5.11 Å². The fraction of sp³-hybridized carbons (Fsp3) is 0.500. The zero-order valence-electron chi connectivity index (χ0n) is 8.59. The lowest BCUT2D eigenvalue weighted by molar-refractivity contribution is 0.156. The molecule has 0 bridgehead atoms. The van der Waals surface area contributed by atoms with Gasteiger partial charge in [0.1, 0.15) is 0 Å². The second-order valence-electron chi connectivity index (χ2n) is 3.97. The molecule has 0 aliphatic heterocycles. The van der Waals surface area contributed by atoms with Gasteiger partial charge in [-0.05, 0) is 43.0 Å². The molecule has 1 aliphatic rings. The van der Waals surface area contributed by atoms with Crippen molar-refractivity contribution in [3.05, 3.63) is 34.9 Å². The summed E-state index contributed by atoms with van der Waals surface area (Å²) in [5, 5.41) is 13.0. The van der Waals surface area contributed by atoms with Crippen molar-refractivity contribution in [2.45, 2.75) is 31.9 Å². The SMILES string of the molecule is CNCc1ccc2c(c1)C(O)CCC2. The van der Waals surface area contributed by atoms with Crippen LogP contribution >= 0.6 is 0 Å². The highest BCUT2D eigenvalue weighted by atomic mass is 16.3. The molecule has 0 amide bonds. The topological polar surface area (TPSA) is 32.3 Å². The van der Waals surface area contributed by atoms with E-state index in [9.17, 15) is 5.11 Å². The lowest BCUT2D eigenvalue weighted by Gasteiger charge is -2.21. The first kappa shape index (κ1) is 9.69. The third kappa shape index (κ3) is 1.81. The standard InChI is InChI=1S/C12H17NO/c1-13-8-9-5-6-10-3-2-4-12(14)11(10)7-9/h5-7,12-14H,2-4,8H2,1H3. The van der Waals surface area contributed by atoms with Crippen molar-refractivity contribution >= 4 is 0 Å². The molecule has 2 heteroatoms. The maximum Gasteiger partial charge on any atom is 0.0792 e. The van der Waals surface area contributed by atoms with E-state index >= 15 is 0 Å². The van der Waals surface area contributed by atoms with Crippen LogP contribution in [0.3, 0.4) is 0 Å². The van der Waals surface area contributed by atoms with E-state index in [2.05, 4.69) is 23.5 Å². The average molecular weight is 191 g/mol. The molecule has 1 aromatic carbocycles. The summed E-state index contributed by atoms with van der Waals surface area (Å²) in [5.41, 5.74) is 3.72. The Labute approximate surface area is 85.0 Å². The zero-order chi connectivity index (χ0) is 9.97. The van der Waals surface area contributed by atoms with Crippen LogP contribution in [-0.2, 0) is 13.0 Å². The molecule has 0 aromatic heterocycles. The number of aliphatic hydroxyl groups is 1. The number of nitrogens with one attached hydrogen (secondary N) is 1. The van der Waals surface area contributed by atoms with Gasteiger partial charge in [0.25, 0.3) is 0 Å². The molecule has 2 N–H and O–H groups in total. The van der Waals surface area contributed by atoms with Crippen molar-refractivity contribution in [1.29, 1.82) is 0 Å². The summed E-state index contributed by atoms with van der Waals surface area (Å²) in [7, 11) is 1.94. The molecular weight excluding hydrogens is 174 g/mol. The molecule has 14 heavy (non-hydrogen) atoms. The van der Waals surface area contributed by atoms with Crippen LogP contribution < -0.4 is 5.32 Å². The number of aryl methyl sites for hydroxylation is 1. The van der Waals surface area contributed by atoms with E-state index in [1.54, 1.807) is 0 Å². The van der Waals surface area contributed by atoms with Gasteiger partial charge in [-0.2, -0.15) is 0 Å². The fourth-order valence-corrected chi connectivity index (χ4v) is 2.14. The second-order valence-corrected chi connectivity index (χ2v) is 3.97. The van der Waals surface area contributed by atoms with Gasteiger partial charge in [0.15, 0.2) is 0 Å². The van der Waals surface area contributed by atoms with Gasteiger partial charge in [0.2, 0.25) is 0 Å². The van der Waals surface area contributed by atoms with E-state index in [0.29, 0.717) is 0 Å². The molecule has 0 radical (unpaired) electrons. The Kier molecular flexibility index (Phi) is 2.85. The van der Waals surface area contributed by atoms with Crippen LogP contribution in [0.1, 0.15) is 35.6 Å². The zero-order valence-corrected chi connectivity index (χ0v) is 8.59. The summed E-state index contributed by atoms with van der Waals surface area (Å²) < 4.78 is 0. The minimum Gasteiger partial charge on any atom is -0.388 e. The first-order chi connectivity index (χ1) is 6.81. The number of rotatable bonds is 2. The highest BCUT2D eigenvalue weighted by Gasteiger charge is 2.17. The van der Waals surface area contributed by atoms with Gasteiger partial charge in [0.05, 0.1) is 6.10 Å². The van der Waals surface area contributed by atoms with Crippen molar-refractivity contribution in [2.24, 2.45) is 0 Å².